The number of alkyl halides is 2. The third-order valence-corrected chi connectivity index (χ3v) is 6.05. The van der Waals surface area contributed by atoms with Gasteiger partial charge in [-0.3, -0.25) is 9.69 Å². The summed E-state index contributed by atoms with van der Waals surface area (Å²) < 4.78 is 31.6. The summed E-state index contributed by atoms with van der Waals surface area (Å²) in [6.07, 6.45) is 4.12. The van der Waals surface area contributed by atoms with Gasteiger partial charge in [-0.2, -0.15) is 0 Å². The van der Waals surface area contributed by atoms with E-state index in [0.717, 1.165) is 38.5 Å². The molecule has 0 aromatic rings. The topological polar surface area (TPSA) is 41.6 Å². The number of halogens is 2. The third kappa shape index (κ3) is 3.25. The molecule has 2 aliphatic heterocycles. The van der Waals surface area contributed by atoms with E-state index in [0.29, 0.717) is 12.5 Å². The fourth-order valence-corrected chi connectivity index (χ4v) is 4.41. The monoisotopic (exact) mass is 328 g/mol. The van der Waals surface area contributed by atoms with Crippen LogP contribution in [0.4, 0.5) is 8.78 Å². The Morgan fingerprint density at radius 3 is 2.61 bits per heavy atom. The smallest absolute Gasteiger partial charge is 0.249 e. The molecule has 0 aromatic carbocycles. The molecule has 4 nitrogen and oxygen atoms in total. The fraction of sp³-hybridized carbons (Fsp3) is 0.941. The molecule has 4 rings (SSSR count). The maximum Gasteiger partial charge on any atom is 0.249 e. The summed E-state index contributed by atoms with van der Waals surface area (Å²) in [5, 5.41) is 2.85. The molecule has 2 heterocycles. The van der Waals surface area contributed by atoms with Gasteiger partial charge in [0.25, 0.3) is 0 Å². The van der Waals surface area contributed by atoms with Crippen LogP contribution in [0.3, 0.4) is 0 Å². The van der Waals surface area contributed by atoms with Crippen LogP contribution < -0.4 is 5.32 Å². The zero-order chi connectivity index (χ0) is 16.1. The van der Waals surface area contributed by atoms with E-state index in [4.69, 9.17) is 4.74 Å². The predicted molar refractivity (Wildman–Crippen MR) is 81.3 cm³/mol. The van der Waals surface area contributed by atoms with Crippen LogP contribution in [0.25, 0.3) is 0 Å². The Kier molecular flexibility index (Phi) is 3.88. The molecule has 1 N–H and O–H groups in total. The lowest BCUT2D eigenvalue weighted by molar-refractivity contribution is -0.150. The number of hydrogen-bond donors (Lipinski definition) is 1. The number of nitrogens with one attached hydrogen (secondary N) is 1. The van der Waals surface area contributed by atoms with Gasteiger partial charge in [0.15, 0.2) is 0 Å². The zero-order valence-corrected chi connectivity index (χ0v) is 13.5. The molecule has 1 spiro atoms. The molecule has 2 saturated heterocycles. The van der Waals surface area contributed by atoms with Crippen molar-refractivity contribution in [1.82, 2.24) is 10.2 Å². The second-order valence-corrected chi connectivity index (χ2v) is 8.05. The van der Waals surface area contributed by atoms with Crippen LogP contribution in [0.1, 0.15) is 38.5 Å². The van der Waals surface area contributed by atoms with Gasteiger partial charge in [0.1, 0.15) is 0 Å². The molecular formula is C17H26F2N2O2. The second kappa shape index (κ2) is 5.66. The van der Waals surface area contributed by atoms with Crippen LogP contribution in [-0.2, 0) is 9.53 Å². The molecule has 2 saturated carbocycles. The van der Waals surface area contributed by atoms with E-state index in [9.17, 15) is 13.6 Å². The van der Waals surface area contributed by atoms with Crippen molar-refractivity contribution in [3.63, 3.8) is 0 Å². The molecule has 23 heavy (non-hydrogen) atoms. The Balaban J connectivity index is 1.18. The summed E-state index contributed by atoms with van der Waals surface area (Å²) in [6, 6.07) is 0. The Labute approximate surface area is 135 Å². The highest BCUT2D eigenvalue weighted by Crippen LogP contribution is 2.44. The van der Waals surface area contributed by atoms with Crippen molar-refractivity contribution in [2.45, 2.75) is 50.0 Å². The first-order valence-electron chi connectivity index (χ1n) is 8.98. The molecular weight excluding hydrogens is 302 g/mol. The van der Waals surface area contributed by atoms with Crippen molar-refractivity contribution < 1.29 is 18.3 Å². The summed E-state index contributed by atoms with van der Waals surface area (Å²) in [6.45, 7) is 4.66. The minimum absolute atomic E-state index is 0.00309. The Hall–Kier alpha value is -0.750. The molecule has 0 bridgehead atoms. The number of rotatable bonds is 6. The lowest BCUT2D eigenvalue weighted by Crippen LogP contribution is -2.65. The van der Waals surface area contributed by atoms with Crippen molar-refractivity contribution in [2.24, 2.45) is 17.8 Å². The Morgan fingerprint density at radius 1 is 1.22 bits per heavy atom. The molecule has 1 unspecified atom stereocenters. The highest BCUT2D eigenvalue weighted by atomic mass is 19.3. The third-order valence-electron chi connectivity index (χ3n) is 6.05. The van der Waals surface area contributed by atoms with Crippen LogP contribution >= 0.6 is 0 Å². The van der Waals surface area contributed by atoms with Gasteiger partial charge in [0.2, 0.25) is 11.8 Å². The Morgan fingerprint density at radius 2 is 1.96 bits per heavy atom. The van der Waals surface area contributed by atoms with Gasteiger partial charge in [-0.15, -0.1) is 0 Å². The molecule has 4 fully saturated rings. The van der Waals surface area contributed by atoms with E-state index in [1.165, 1.54) is 19.4 Å². The number of carbonyl (C=O) groups is 1. The SMILES string of the molecule is O=C(NCCC1CCOC12CN(CC1CC1)C2)C1CC(F)(F)C1. The van der Waals surface area contributed by atoms with E-state index in [2.05, 4.69) is 10.2 Å². The molecule has 1 amide bonds. The summed E-state index contributed by atoms with van der Waals surface area (Å²) in [7, 11) is 0. The first kappa shape index (κ1) is 15.8. The van der Waals surface area contributed by atoms with Gasteiger partial charge < -0.3 is 10.1 Å². The predicted octanol–water partition coefficient (Wildman–Crippen LogP) is 2.04. The lowest BCUT2D eigenvalue weighted by Gasteiger charge is -2.50. The van der Waals surface area contributed by atoms with Crippen LogP contribution in [0.2, 0.25) is 0 Å². The molecule has 130 valence electrons. The number of hydrogen-bond acceptors (Lipinski definition) is 3. The minimum Gasteiger partial charge on any atom is -0.372 e. The number of likely N-dealkylation sites (tertiary alicyclic amines) is 1. The molecule has 0 aromatic heterocycles. The van der Waals surface area contributed by atoms with E-state index < -0.39 is 11.8 Å². The van der Waals surface area contributed by atoms with Crippen LogP contribution in [0, 0.1) is 17.8 Å². The maximum atomic E-state index is 12.8. The number of ether oxygens (including phenoxy) is 1. The van der Waals surface area contributed by atoms with Gasteiger partial charge in [-0.1, -0.05) is 0 Å². The van der Waals surface area contributed by atoms with Crippen molar-refractivity contribution in [3.8, 4) is 0 Å². The highest BCUT2D eigenvalue weighted by molar-refractivity contribution is 5.79. The molecule has 4 aliphatic rings. The van der Waals surface area contributed by atoms with Gasteiger partial charge in [0.05, 0.1) is 5.60 Å². The van der Waals surface area contributed by atoms with Crippen molar-refractivity contribution >= 4 is 5.91 Å². The maximum absolute atomic E-state index is 12.8. The zero-order valence-electron chi connectivity index (χ0n) is 13.5. The summed E-state index contributed by atoms with van der Waals surface area (Å²) in [5.74, 6) is -1.92. The molecule has 6 heteroatoms. The van der Waals surface area contributed by atoms with E-state index in [1.807, 2.05) is 0 Å². The van der Waals surface area contributed by atoms with Crippen molar-refractivity contribution in [3.05, 3.63) is 0 Å². The van der Waals surface area contributed by atoms with Crippen LogP contribution in [0.15, 0.2) is 0 Å². The summed E-state index contributed by atoms with van der Waals surface area (Å²) >= 11 is 0. The second-order valence-electron chi connectivity index (χ2n) is 8.05. The van der Waals surface area contributed by atoms with Crippen LogP contribution in [-0.4, -0.2) is 55.1 Å². The van der Waals surface area contributed by atoms with Crippen LogP contribution in [0.5, 0.6) is 0 Å². The number of nitrogens with zero attached hydrogens (tertiary/aromatic N) is 1. The summed E-state index contributed by atoms with van der Waals surface area (Å²) in [4.78, 5) is 14.3. The molecule has 1 atom stereocenters. The normalized spacial score (nSPS) is 32.5. The standard InChI is InChI=1S/C17H26F2N2O2/c18-17(19)7-13(8-17)15(22)20-5-3-14-4-6-23-16(14)10-21(11-16)9-12-1-2-12/h12-14H,1-11H2,(H,20,22). The molecule has 0 radical (unpaired) electrons. The van der Waals surface area contributed by atoms with E-state index in [-0.39, 0.29) is 24.3 Å². The first-order chi connectivity index (χ1) is 11.0. The van der Waals surface area contributed by atoms with Crippen molar-refractivity contribution in [2.75, 3.05) is 32.8 Å². The fourth-order valence-electron chi connectivity index (χ4n) is 4.41. The van der Waals surface area contributed by atoms with E-state index >= 15 is 0 Å². The minimum atomic E-state index is -2.62. The first-order valence-corrected chi connectivity index (χ1v) is 8.98. The van der Waals surface area contributed by atoms with Gasteiger partial charge in [0, 0.05) is 51.5 Å². The largest absolute Gasteiger partial charge is 0.372 e. The molecule has 2 aliphatic carbocycles. The lowest BCUT2D eigenvalue weighted by atomic mass is 9.78. The van der Waals surface area contributed by atoms with E-state index in [1.54, 1.807) is 0 Å². The average molecular weight is 328 g/mol. The summed E-state index contributed by atoms with van der Waals surface area (Å²) in [5.41, 5.74) is 0.00309. The highest BCUT2D eigenvalue weighted by Gasteiger charge is 2.53. The number of amides is 1. The number of carbonyl (C=O) groups excluding carboxylic acids is 1. The average Bonchev–Trinajstić information content (AvgIpc) is 3.14. The quantitative estimate of drug-likeness (QED) is 0.811. The van der Waals surface area contributed by atoms with Crippen molar-refractivity contribution in [1.29, 1.82) is 0 Å². The Bertz CT molecular complexity index is 467. The van der Waals surface area contributed by atoms with Gasteiger partial charge in [-0.25, -0.2) is 8.78 Å². The van der Waals surface area contributed by atoms with Gasteiger partial charge in [-0.05, 0) is 37.5 Å². The van der Waals surface area contributed by atoms with Gasteiger partial charge >= 0.3 is 0 Å².